The van der Waals surface area contributed by atoms with Crippen molar-refractivity contribution in [3.63, 3.8) is 0 Å². The van der Waals surface area contributed by atoms with Crippen molar-refractivity contribution >= 4 is 11.9 Å². The molecule has 1 amide bonds. The van der Waals surface area contributed by atoms with E-state index in [1.165, 1.54) is 0 Å². The fourth-order valence-electron chi connectivity index (χ4n) is 5.20. The summed E-state index contributed by atoms with van der Waals surface area (Å²) in [6, 6.07) is 5.10. The largest absolute Gasteiger partial charge is 0.496 e. The minimum Gasteiger partial charge on any atom is -0.496 e. The molecule has 0 radical (unpaired) electrons. The van der Waals surface area contributed by atoms with E-state index in [-0.39, 0.29) is 22.8 Å². The van der Waals surface area contributed by atoms with Crippen LogP contribution in [0.25, 0.3) is 0 Å². The second kappa shape index (κ2) is 9.55. The van der Waals surface area contributed by atoms with E-state index >= 15 is 0 Å². The molecule has 0 aliphatic carbocycles. The summed E-state index contributed by atoms with van der Waals surface area (Å²) >= 11 is 0. The Morgan fingerprint density at radius 3 is 2.79 bits per heavy atom. The molecule has 1 fully saturated rings. The van der Waals surface area contributed by atoms with Gasteiger partial charge in [0.2, 0.25) is 0 Å². The van der Waals surface area contributed by atoms with Gasteiger partial charge in [-0.2, -0.15) is 5.10 Å². The number of fused-ring (bicyclic) bond motifs is 1. The van der Waals surface area contributed by atoms with Gasteiger partial charge in [0.1, 0.15) is 5.75 Å². The number of methoxy groups -OCH3 is 1. The number of rotatable bonds is 7. The number of carbonyl (C=O) groups is 2. The molecular formula is C25H33N3O5. The number of ether oxygens (including phenoxy) is 2. The summed E-state index contributed by atoms with van der Waals surface area (Å²) in [5, 5.41) is 17.6. The monoisotopic (exact) mass is 455 g/mol. The van der Waals surface area contributed by atoms with Gasteiger partial charge in [-0.1, -0.05) is 19.9 Å². The van der Waals surface area contributed by atoms with Crippen molar-refractivity contribution in [1.82, 2.24) is 15.1 Å². The van der Waals surface area contributed by atoms with Crippen molar-refractivity contribution in [1.29, 1.82) is 0 Å². The van der Waals surface area contributed by atoms with Crippen molar-refractivity contribution in [2.45, 2.75) is 52.5 Å². The predicted octanol–water partition coefficient (Wildman–Crippen LogP) is 3.11. The fourth-order valence-corrected chi connectivity index (χ4v) is 5.20. The number of aromatic nitrogens is 2. The van der Waals surface area contributed by atoms with E-state index in [1.807, 2.05) is 11.6 Å². The van der Waals surface area contributed by atoms with Gasteiger partial charge in [0.25, 0.3) is 5.91 Å². The first kappa shape index (κ1) is 23.3. The Balaban J connectivity index is 1.65. The average molecular weight is 456 g/mol. The Bertz CT molecular complexity index is 1040. The molecule has 178 valence electrons. The molecule has 2 aliphatic rings. The molecule has 3 heterocycles. The highest BCUT2D eigenvalue weighted by molar-refractivity contribution is 5.97. The van der Waals surface area contributed by atoms with Crippen LogP contribution >= 0.6 is 0 Å². The number of aromatic carboxylic acids is 1. The topological polar surface area (TPSA) is 103 Å². The van der Waals surface area contributed by atoms with Gasteiger partial charge in [-0.3, -0.25) is 9.48 Å². The van der Waals surface area contributed by atoms with E-state index in [1.54, 1.807) is 25.3 Å². The summed E-state index contributed by atoms with van der Waals surface area (Å²) in [5.41, 5.74) is 3.47. The normalized spacial score (nSPS) is 18.3. The molecule has 0 unspecified atom stereocenters. The average Bonchev–Trinajstić information content (AvgIpc) is 3.07. The molecule has 4 rings (SSSR count). The van der Waals surface area contributed by atoms with Crippen LogP contribution < -0.4 is 10.1 Å². The highest BCUT2D eigenvalue weighted by atomic mass is 16.5. The lowest BCUT2D eigenvalue weighted by atomic mass is 9.76. The molecule has 2 aromatic rings. The third-order valence-electron chi connectivity index (χ3n) is 7.03. The maximum atomic E-state index is 13.0. The zero-order valence-electron chi connectivity index (χ0n) is 19.6. The lowest BCUT2D eigenvalue weighted by Gasteiger charge is -2.36. The van der Waals surface area contributed by atoms with Crippen molar-refractivity contribution in [2.24, 2.45) is 11.3 Å². The molecule has 8 nitrogen and oxygen atoms in total. The quantitative estimate of drug-likeness (QED) is 0.665. The van der Waals surface area contributed by atoms with Gasteiger partial charge in [0.05, 0.1) is 29.6 Å². The second-order valence-electron chi connectivity index (χ2n) is 9.38. The lowest BCUT2D eigenvalue weighted by Crippen LogP contribution is -2.40. The minimum atomic E-state index is -0.963. The molecule has 33 heavy (non-hydrogen) atoms. The van der Waals surface area contributed by atoms with Crippen molar-refractivity contribution < 1.29 is 24.2 Å². The standard InChI is InChI=1S/C25H33N3O5/c1-4-19-22-20(13-25(15-26-23(22)29)8-10-33-11-9-25)28(27-19)14-16(2)12-18-17(24(30)31)6-5-7-21(18)32-3/h5-7,16H,4,8-15H2,1-3H3,(H,26,29)(H,30,31)/t16-/m1/s1. The molecule has 1 aromatic heterocycles. The van der Waals surface area contributed by atoms with Gasteiger partial charge >= 0.3 is 5.97 Å². The molecular weight excluding hydrogens is 422 g/mol. The number of nitrogens with zero attached hydrogens (tertiary/aromatic N) is 2. The Labute approximate surface area is 194 Å². The summed E-state index contributed by atoms with van der Waals surface area (Å²) < 4.78 is 13.0. The number of nitrogens with one attached hydrogen (secondary N) is 1. The first-order valence-corrected chi connectivity index (χ1v) is 11.7. The highest BCUT2D eigenvalue weighted by Crippen LogP contribution is 2.37. The van der Waals surface area contributed by atoms with Crippen LogP contribution in [0.3, 0.4) is 0 Å². The highest BCUT2D eigenvalue weighted by Gasteiger charge is 2.39. The molecule has 0 saturated carbocycles. The number of hydrogen-bond acceptors (Lipinski definition) is 5. The Hall–Kier alpha value is -2.87. The van der Waals surface area contributed by atoms with Gasteiger partial charge in [-0.05, 0) is 55.6 Å². The van der Waals surface area contributed by atoms with Crippen LogP contribution in [-0.2, 0) is 30.5 Å². The molecule has 2 N–H and O–H groups in total. The number of carboxylic acids is 1. The van der Waals surface area contributed by atoms with E-state index in [9.17, 15) is 14.7 Å². The van der Waals surface area contributed by atoms with Crippen LogP contribution in [0.1, 0.15) is 64.4 Å². The van der Waals surface area contributed by atoms with E-state index in [0.29, 0.717) is 50.5 Å². The van der Waals surface area contributed by atoms with Gasteiger partial charge in [0, 0.05) is 31.9 Å². The van der Waals surface area contributed by atoms with E-state index in [0.717, 1.165) is 36.2 Å². The summed E-state index contributed by atoms with van der Waals surface area (Å²) in [6.07, 6.45) is 3.84. The SMILES string of the molecule is CCc1nn(C[C@H](C)Cc2c(OC)cccc2C(=O)O)c2c1C(=O)NCC1(CCOCC1)C2. The van der Waals surface area contributed by atoms with E-state index in [2.05, 4.69) is 12.2 Å². The van der Waals surface area contributed by atoms with Crippen molar-refractivity contribution in [3.05, 3.63) is 46.3 Å². The zero-order chi connectivity index (χ0) is 23.6. The van der Waals surface area contributed by atoms with Crippen LogP contribution in [0.15, 0.2) is 18.2 Å². The summed E-state index contributed by atoms with van der Waals surface area (Å²) in [5.74, 6) is -0.335. The summed E-state index contributed by atoms with van der Waals surface area (Å²) in [7, 11) is 1.56. The fraction of sp³-hybridized carbons (Fsp3) is 0.560. The van der Waals surface area contributed by atoms with E-state index in [4.69, 9.17) is 14.6 Å². The number of hydrogen-bond donors (Lipinski definition) is 2. The van der Waals surface area contributed by atoms with Gasteiger partial charge < -0.3 is 19.9 Å². The van der Waals surface area contributed by atoms with E-state index < -0.39 is 5.97 Å². The number of aryl methyl sites for hydroxylation is 1. The smallest absolute Gasteiger partial charge is 0.336 e. The number of amides is 1. The molecule has 2 aliphatic heterocycles. The molecule has 1 atom stereocenters. The number of carboxylic acid groups (broad SMARTS) is 1. The molecule has 1 spiro atoms. The molecule has 0 bridgehead atoms. The lowest BCUT2D eigenvalue weighted by molar-refractivity contribution is 0.0152. The Kier molecular flexibility index (Phi) is 6.74. The molecule has 8 heteroatoms. The summed E-state index contributed by atoms with van der Waals surface area (Å²) in [4.78, 5) is 24.8. The first-order chi connectivity index (χ1) is 15.9. The second-order valence-corrected chi connectivity index (χ2v) is 9.38. The third-order valence-corrected chi connectivity index (χ3v) is 7.03. The maximum Gasteiger partial charge on any atom is 0.336 e. The van der Waals surface area contributed by atoms with Crippen LogP contribution in [0.2, 0.25) is 0 Å². The number of benzene rings is 1. The van der Waals surface area contributed by atoms with Crippen molar-refractivity contribution in [2.75, 3.05) is 26.9 Å². The van der Waals surface area contributed by atoms with Crippen molar-refractivity contribution in [3.8, 4) is 5.75 Å². The Morgan fingerprint density at radius 2 is 2.12 bits per heavy atom. The number of carbonyl (C=O) groups excluding carboxylic acids is 1. The van der Waals surface area contributed by atoms with Gasteiger partial charge in [-0.25, -0.2) is 4.79 Å². The summed E-state index contributed by atoms with van der Waals surface area (Å²) in [6.45, 7) is 6.78. The predicted molar refractivity (Wildman–Crippen MR) is 123 cm³/mol. The first-order valence-electron chi connectivity index (χ1n) is 11.7. The minimum absolute atomic E-state index is 0.00960. The molecule has 1 saturated heterocycles. The van der Waals surface area contributed by atoms with Crippen LogP contribution in [0.5, 0.6) is 5.75 Å². The van der Waals surface area contributed by atoms with Gasteiger partial charge in [0.15, 0.2) is 0 Å². The maximum absolute atomic E-state index is 13.0. The zero-order valence-corrected chi connectivity index (χ0v) is 19.6. The third kappa shape index (κ3) is 4.62. The van der Waals surface area contributed by atoms with Gasteiger partial charge in [-0.15, -0.1) is 0 Å². The Morgan fingerprint density at radius 1 is 1.36 bits per heavy atom. The van der Waals surface area contributed by atoms with Crippen LogP contribution in [0.4, 0.5) is 0 Å². The van der Waals surface area contributed by atoms with Crippen LogP contribution in [0, 0.1) is 11.3 Å². The van der Waals surface area contributed by atoms with Crippen LogP contribution in [-0.4, -0.2) is 53.6 Å². The molecule has 1 aromatic carbocycles.